The van der Waals surface area contributed by atoms with Crippen molar-refractivity contribution in [3.05, 3.63) is 11.3 Å². The molecule has 0 atom stereocenters. The van der Waals surface area contributed by atoms with Gasteiger partial charge in [-0.3, -0.25) is 0 Å². The molecule has 0 aliphatic carbocycles. The van der Waals surface area contributed by atoms with Gasteiger partial charge in [0.1, 0.15) is 6.69 Å². The van der Waals surface area contributed by atoms with E-state index in [-0.39, 0.29) is 9.52 Å². The lowest BCUT2D eigenvalue weighted by Gasteiger charge is -2.12. The van der Waals surface area contributed by atoms with Crippen molar-refractivity contribution < 1.29 is 0 Å². The first-order valence-corrected chi connectivity index (χ1v) is 14.4. The second kappa shape index (κ2) is 10.6. The van der Waals surface area contributed by atoms with Crippen LogP contribution in [-0.2, 0) is 0 Å². The Balaban J connectivity index is 3.14. The molecule has 0 aromatic heterocycles. The van der Waals surface area contributed by atoms with Crippen LogP contribution in [0, 0.1) is 0 Å². The summed E-state index contributed by atoms with van der Waals surface area (Å²) < 4.78 is 0. The summed E-state index contributed by atoms with van der Waals surface area (Å²) in [4.78, 5) is 0. The highest BCUT2D eigenvalue weighted by Gasteiger charge is 2.14. The van der Waals surface area contributed by atoms with Crippen LogP contribution in [0.25, 0.3) is 0 Å². The highest BCUT2D eigenvalue weighted by atomic mass is 79.9. The van der Waals surface area contributed by atoms with Gasteiger partial charge in [-0.2, -0.15) is 0 Å². The van der Waals surface area contributed by atoms with Gasteiger partial charge in [0.25, 0.3) is 0 Å². The maximum absolute atomic E-state index is 3.84. The zero-order chi connectivity index (χ0) is 13.1. The van der Waals surface area contributed by atoms with Crippen molar-refractivity contribution in [3.63, 3.8) is 0 Å². The minimum atomic E-state index is -0.943. The van der Waals surface area contributed by atoms with E-state index in [9.17, 15) is 0 Å². The zero-order valence-corrected chi connectivity index (χ0v) is 16.3. The average molecular weight is 335 g/mol. The third kappa shape index (κ3) is 14.6. The van der Waals surface area contributed by atoms with E-state index < -0.39 is 6.69 Å². The van der Waals surface area contributed by atoms with E-state index >= 15 is 0 Å². The van der Waals surface area contributed by atoms with Gasteiger partial charge in [-0.1, -0.05) is 68.9 Å². The predicted octanol–water partition coefficient (Wildman–Crippen LogP) is 5.44. The molecule has 0 spiro atoms. The van der Waals surface area contributed by atoms with Crippen molar-refractivity contribution in [3.8, 4) is 0 Å². The second-order valence-corrected chi connectivity index (χ2v) is 18.5. The minimum absolute atomic E-state index is 0.134. The van der Waals surface area contributed by atoms with Gasteiger partial charge in [0.2, 0.25) is 0 Å². The molecule has 17 heavy (non-hydrogen) atoms. The summed E-state index contributed by atoms with van der Waals surface area (Å²) in [5.74, 6) is 0. The molecule has 0 saturated carbocycles. The molecule has 0 rings (SSSR count). The first-order valence-electron chi connectivity index (χ1n) is 7.26. The van der Waals surface area contributed by atoms with E-state index in [1.807, 2.05) is 0 Å². The highest BCUT2D eigenvalue weighted by Crippen LogP contribution is 2.21. The molecule has 0 saturated heterocycles. The van der Waals surface area contributed by atoms with Gasteiger partial charge in [0.15, 0.2) is 0 Å². The Hall–Kier alpha value is 0.654. The summed E-state index contributed by atoms with van der Waals surface area (Å²) in [6.07, 6.45) is 11.1. The maximum atomic E-state index is 3.84. The Morgan fingerprint density at radius 2 is 1.59 bits per heavy atom. The molecule has 0 aromatic rings. The Labute approximate surface area is 120 Å². The topological polar surface area (TPSA) is 0 Å². The maximum Gasteiger partial charge on any atom is 0.124 e. The lowest BCUT2D eigenvalue weighted by Crippen LogP contribution is -2.13. The van der Waals surface area contributed by atoms with Gasteiger partial charge in [-0.05, 0) is 19.9 Å². The highest BCUT2D eigenvalue weighted by molar-refractivity contribution is 9.26. The molecule has 0 amide bonds. The van der Waals surface area contributed by atoms with Crippen LogP contribution in [0.4, 0.5) is 0 Å². The molecule has 0 heterocycles. The molecule has 102 valence electrons. The number of rotatable bonds is 10. The molecule has 0 radical (unpaired) electrons. The largest absolute Gasteiger partial charge is 0.127 e. The fraction of sp³-hybridized carbons (Fsp3) is 0.857. The lowest BCUT2D eigenvalue weighted by atomic mass is 10.1. The molecule has 0 aliphatic heterocycles. The summed E-state index contributed by atoms with van der Waals surface area (Å²) in [5.41, 5.74) is 0. The lowest BCUT2D eigenvalue weighted by molar-refractivity contribution is 0.622. The average Bonchev–Trinajstić information content (AvgIpc) is 2.25. The van der Waals surface area contributed by atoms with Gasteiger partial charge in [-0.25, -0.2) is 0 Å². The molecule has 0 bridgehead atoms. The van der Waals surface area contributed by atoms with E-state index in [2.05, 4.69) is 48.3 Å². The van der Waals surface area contributed by atoms with E-state index in [1.54, 1.807) is 5.20 Å². The van der Waals surface area contributed by atoms with Crippen molar-refractivity contribution in [2.24, 2.45) is 0 Å². The first kappa shape index (κ1) is 17.7. The molecular formula is C14H31BrSi2. The zero-order valence-electron chi connectivity index (χ0n) is 12.3. The van der Waals surface area contributed by atoms with E-state index in [0.717, 1.165) is 0 Å². The molecule has 0 nitrogen and oxygen atoms in total. The summed E-state index contributed by atoms with van der Waals surface area (Å²) >= 11 is 3.84. The second-order valence-electron chi connectivity index (χ2n) is 5.83. The summed E-state index contributed by atoms with van der Waals surface area (Å²) in [6.45, 7) is 8.35. The fourth-order valence-electron chi connectivity index (χ4n) is 1.98. The monoisotopic (exact) mass is 334 g/mol. The van der Waals surface area contributed by atoms with Crippen LogP contribution < -0.4 is 0 Å². The molecule has 0 aliphatic rings. The third-order valence-electron chi connectivity index (χ3n) is 3.34. The molecule has 0 aromatic carbocycles. The van der Waals surface area contributed by atoms with Crippen LogP contribution in [0.5, 0.6) is 0 Å². The normalized spacial score (nSPS) is 13.8. The van der Waals surface area contributed by atoms with E-state index in [1.165, 1.54) is 50.6 Å². The van der Waals surface area contributed by atoms with E-state index in [4.69, 9.17) is 0 Å². The third-order valence-corrected chi connectivity index (χ3v) is 8.12. The fourth-order valence-corrected chi connectivity index (χ4v) is 5.36. The Morgan fingerprint density at radius 1 is 1.06 bits per heavy atom. The Bertz CT molecular complexity index is 207. The minimum Gasteiger partial charge on any atom is -0.127 e. The number of hydrogen-bond donors (Lipinski definition) is 0. The standard InChI is InChI=1S/C14H31BrSi2/c1-5-14(2)16-12-10-8-6-7-9-11-13-17(3,4)15/h5H,6-13,16H2,1-4H3. The van der Waals surface area contributed by atoms with E-state index in [0.29, 0.717) is 0 Å². The van der Waals surface area contributed by atoms with Crippen LogP contribution >= 0.6 is 15.3 Å². The van der Waals surface area contributed by atoms with Gasteiger partial charge < -0.3 is 0 Å². The summed E-state index contributed by atoms with van der Waals surface area (Å²) in [6, 6.07) is 2.97. The van der Waals surface area contributed by atoms with Crippen LogP contribution in [-0.4, -0.2) is 16.2 Å². The number of hydrogen-bond acceptors (Lipinski definition) is 0. The molecule has 0 unspecified atom stereocenters. The van der Waals surface area contributed by atoms with Gasteiger partial charge >= 0.3 is 0 Å². The van der Waals surface area contributed by atoms with Crippen LogP contribution in [0.15, 0.2) is 11.3 Å². The van der Waals surface area contributed by atoms with Crippen molar-refractivity contribution in [2.75, 3.05) is 0 Å². The predicted molar refractivity (Wildman–Crippen MR) is 91.7 cm³/mol. The SMILES string of the molecule is CC=C(C)[SiH2]CCCCCCCC[Si](C)(C)Br. The number of halogens is 1. The Kier molecular flexibility index (Phi) is 11.0. The van der Waals surface area contributed by atoms with Gasteiger partial charge in [0.05, 0.1) is 0 Å². The first-order chi connectivity index (χ1) is 7.95. The smallest absolute Gasteiger partial charge is 0.124 e. The van der Waals surface area contributed by atoms with Crippen molar-refractivity contribution >= 4 is 31.5 Å². The molecule has 0 N–H and O–H groups in total. The van der Waals surface area contributed by atoms with Crippen LogP contribution in [0.3, 0.4) is 0 Å². The summed E-state index contributed by atoms with van der Waals surface area (Å²) in [5, 5.41) is 1.69. The van der Waals surface area contributed by atoms with Crippen LogP contribution in [0.1, 0.15) is 52.4 Å². The summed E-state index contributed by atoms with van der Waals surface area (Å²) in [7, 11) is 0.134. The number of unbranched alkanes of at least 4 members (excludes halogenated alkanes) is 5. The molecule has 0 fully saturated rings. The Morgan fingerprint density at radius 3 is 2.12 bits per heavy atom. The number of allylic oxidation sites excluding steroid dienone is 2. The molecule has 3 heteroatoms. The van der Waals surface area contributed by atoms with Crippen molar-refractivity contribution in [1.82, 2.24) is 0 Å². The van der Waals surface area contributed by atoms with Crippen LogP contribution in [0.2, 0.25) is 25.2 Å². The quantitative estimate of drug-likeness (QED) is 0.283. The molecular weight excluding hydrogens is 304 g/mol. The van der Waals surface area contributed by atoms with Crippen molar-refractivity contribution in [1.29, 1.82) is 0 Å². The van der Waals surface area contributed by atoms with Gasteiger partial charge in [-0.15, -0.1) is 15.3 Å². The van der Waals surface area contributed by atoms with Crippen molar-refractivity contribution in [2.45, 2.75) is 77.6 Å². The van der Waals surface area contributed by atoms with Gasteiger partial charge in [0, 0.05) is 9.52 Å².